The van der Waals surface area contributed by atoms with Gasteiger partial charge in [0.15, 0.2) is 10.3 Å². The van der Waals surface area contributed by atoms with Crippen LogP contribution in [0.1, 0.15) is 18.4 Å². The SMILES string of the molecule is O=C1C(=Cc2ccc(Sc3ncccn3)c([N+](=O)[O-])c2)SC(=Nc2ccc(F)c(Cl)c2)N1C1CC1. The Bertz CT molecular complexity index is 1400. The number of nitro benzene ring substituents is 1. The topological polar surface area (TPSA) is 102 Å². The number of carbonyl (C=O) groups is 1. The van der Waals surface area contributed by atoms with Crippen molar-refractivity contribution in [1.82, 2.24) is 14.9 Å². The van der Waals surface area contributed by atoms with E-state index in [4.69, 9.17) is 11.6 Å². The van der Waals surface area contributed by atoms with Crippen molar-refractivity contribution in [2.24, 2.45) is 4.99 Å². The van der Waals surface area contributed by atoms with Crippen LogP contribution >= 0.6 is 35.1 Å². The van der Waals surface area contributed by atoms with Gasteiger partial charge >= 0.3 is 0 Å². The molecule has 1 aliphatic carbocycles. The lowest BCUT2D eigenvalue weighted by atomic mass is 10.2. The van der Waals surface area contributed by atoms with Crippen LogP contribution in [0.4, 0.5) is 15.8 Å². The molecule has 5 rings (SSSR count). The molecule has 12 heteroatoms. The van der Waals surface area contributed by atoms with E-state index in [1.807, 2.05) is 0 Å². The molecule has 1 saturated heterocycles. The molecular formula is C23H15ClFN5O3S2. The van der Waals surface area contributed by atoms with Gasteiger partial charge in [0.2, 0.25) is 0 Å². The first-order chi connectivity index (χ1) is 16.9. The van der Waals surface area contributed by atoms with Crippen LogP contribution in [0.25, 0.3) is 6.08 Å². The van der Waals surface area contributed by atoms with E-state index in [0.717, 1.165) is 24.6 Å². The highest BCUT2D eigenvalue weighted by atomic mass is 35.5. The molecule has 176 valence electrons. The van der Waals surface area contributed by atoms with E-state index >= 15 is 0 Å². The highest BCUT2D eigenvalue weighted by Crippen LogP contribution is 2.42. The summed E-state index contributed by atoms with van der Waals surface area (Å²) in [6, 6.07) is 10.6. The molecule has 1 aromatic heterocycles. The molecular weight excluding hydrogens is 513 g/mol. The van der Waals surface area contributed by atoms with Gasteiger partial charge in [0.05, 0.1) is 25.4 Å². The van der Waals surface area contributed by atoms with Gasteiger partial charge in [-0.2, -0.15) is 0 Å². The molecule has 35 heavy (non-hydrogen) atoms. The first-order valence-corrected chi connectivity index (χ1v) is 12.4. The third-order valence-electron chi connectivity index (χ3n) is 5.10. The molecule has 2 aromatic carbocycles. The van der Waals surface area contributed by atoms with Crippen molar-refractivity contribution >= 4 is 63.7 Å². The molecule has 0 atom stereocenters. The molecule has 0 N–H and O–H groups in total. The van der Waals surface area contributed by atoms with Gasteiger partial charge in [0.25, 0.3) is 11.6 Å². The largest absolute Gasteiger partial charge is 0.283 e. The maximum absolute atomic E-state index is 13.5. The zero-order valence-electron chi connectivity index (χ0n) is 17.8. The fourth-order valence-corrected chi connectivity index (χ4v) is 5.36. The van der Waals surface area contributed by atoms with Gasteiger partial charge in [0, 0.05) is 24.5 Å². The zero-order chi connectivity index (χ0) is 24.5. The molecule has 1 aliphatic heterocycles. The predicted octanol–water partition coefficient (Wildman–Crippen LogP) is 6.09. The summed E-state index contributed by atoms with van der Waals surface area (Å²) >= 11 is 8.13. The Labute approximate surface area is 212 Å². The van der Waals surface area contributed by atoms with Crippen LogP contribution in [-0.2, 0) is 4.79 Å². The Morgan fingerprint density at radius 2 is 2.00 bits per heavy atom. The van der Waals surface area contributed by atoms with Gasteiger partial charge in [-0.1, -0.05) is 17.7 Å². The van der Waals surface area contributed by atoms with Crippen molar-refractivity contribution in [1.29, 1.82) is 0 Å². The molecule has 8 nitrogen and oxygen atoms in total. The van der Waals surface area contributed by atoms with Gasteiger partial charge in [-0.15, -0.1) is 0 Å². The van der Waals surface area contributed by atoms with Gasteiger partial charge in [-0.25, -0.2) is 19.4 Å². The third kappa shape index (κ3) is 5.21. The van der Waals surface area contributed by atoms with Crippen LogP contribution in [0.3, 0.4) is 0 Å². The highest BCUT2D eigenvalue weighted by Gasteiger charge is 2.43. The standard InChI is InChI=1S/C23H15ClFN5O3S2/c24-16-12-14(3-6-17(16)25)28-23-29(15-4-5-15)21(31)20(35-23)11-13-2-7-19(18(10-13)30(32)33)34-22-26-8-1-9-27-22/h1-3,6-12,15H,4-5H2. The predicted molar refractivity (Wildman–Crippen MR) is 133 cm³/mol. The summed E-state index contributed by atoms with van der Waals surface area (Å²) < 4.78 is 13.5. The maximum atomic E-state index is 13.5. The molecule has 0 spiro atoms. The lowest BCUT2D eigenvalue weighted by Crippen LogP contribution is -2.31. The molecule has 2 heterocycles. The molecule has 2 aliphatic rings. The molecule has 0 unspecified atom stereocenters. The molecule has 1 amide bonds. The zero-order valence-corrected chi connectivity index (χ0v) is 20.2. The quantitative estimate of drug-likeness (QED) is 0.165. The minimum atomic E-state index is -0.549. The summed E-state index contributed by atoms with van der Waals surface area (Å²) in [7, 11) is 0. The van der Waals surface area contributed by atoms with Crippen LogP contribution in [0.5, 0.6) is 0 Å². The van der Waals surface area contributed by atoms with Crippen molar-refractivity contribution in [3.05, 3.63) is 86.3 Å². The van der Waals surface area contributed by atoms with Crippen molar-refractivity contribution in [3.63, 3.8) is 0 Å². The maximum Gasteiger partial charge on any atom is 0.283 e. The fourth-order valence-electron chi connectivity index (χ4n) is 3.33. The summed E-state index contributed by atoms with van der Waals surface area (Å²) in [6.45, 7) is 0. The Morgan fingerprint density at radius 1 is 1.23 bits per heavy atom. The number of amides is 1. The van der Waals surface area contributed by atoms with Crippen molar-refractivity contribution in [3.8, 4) is 0 Å². The van der Waals surface area contributed by atoms with Gasteiger partial charge < -0.3 is 0 Å². The number of benzene rings is 2. The minimum absolute atomic E-state index is 0.0505. The number of nitro groups is 1. The van der Waals surface area contributed by atoms with Crippen LogP contribution < -0.4 is 0 Å². The number of halogens is 2. The second kappa shape index (κ2) is 9.76. The lowest BCUT2D eigenvalue weighted by Gasteiger charge is -2.14. The Balaban J connectivity index is 1.46. The summed E-state index contributed by atoms with van der Waals surface area (Å²) in [5.41, 5.74) is 0.826. The fraction of sp³-hybridized carbons (Fsp3) is 0.130. The second-order valence-electron chi connectivity index (χ2n) is 7.63. The van der Waals surface area contributed by atoms with Gasteiger partial charge in [0.1, 0.15) is 5.82 Å². The monoisotopic (exact) mass is 527 g/mol. The van der Waals surface area contributed by atoms with E-state index in [9.17, 15) is 19.3 Å². The molecule has 1 saturated carbocycles. The summed E-state index contributed by atoms with van der Waals surface area (Å²) in [5.74, 6) is -0.768. The Hall–Kier alpha value is -3.28. The van der Waals surface area contributed by atoms with E-state index in [1.165, 1.54) is 36.0 Å². The molecule has 2 fully saturated rings. The summed E-state index contributed by atoms with van der Waals surface area (Å²) in [4.78, 5) is 39.5. The minimum Gasteiger partial charge on any atom is -0.283 e. The number of hydrogen-bond acceptors (Lipinski definition) is 8. The molecule has 0 radical (unpaired) electrons. The summed E-state index contributed by atoms with van der Waals surface area (Å²) in [5, 5.41) is 12.5. The number of aliphatic imine (C=N–C) groups is 1. The Kier molecular flexibility index (Phi) is 6.54. The normalized spacial score (nSPS) is 18.0. The number of carbonyl (C=O) groups excluding carboxylic acids is 1. The van der Waals surface area contributed by atoms with Gasteiger partial charge in [-0.3, -0.25) is 19.8 Å². The third-order valence-corrected chi connectivity index (χ3v) is 7.33. The van der Waals surface area contributed by atoms with Crippen LogP contribution in [0.2, 0.25) is 5.02 Å². The van der Waals surface area contributed by atoms with Crippen LogP contribution in [-0.4, -0.2) is 36.9 Å². The van der Waals surface area contributed by atoms with E-state index in [-0.39, 0.29) is 22.7 Å². The molecule has 3 aromatic rings. The number of thioether (sulfide) groups is 1. The van der Waals surface area contributed by atoms with Crippen LogP contribution in [0, 0.1) is 15.9 Å². The van der Waals surface area contributed by atoms with E-state index in [0.29, 0.717) is 31.4 Å². The average molecular weight is 528 g/mol. The number of hydrogen-bond donors (Lipinski definition) is 0. The number of nitrogens with zero attached hydrogens (tertiary/aromatic N) is 5. The van der Waals surface area contributed by atoms with Crippen molar-refractivity contribution < 1.29 is 14.1 Å². The lowest BCUT2D eigenvalue weighted by molar-refractivity contribution is -0.387. The molecule has 0 bridgehead atoms. The first-order valence-electron chi connectivity index (χ1n) is 10.4. The van der Waals surface area contributed by atoms with E-state index in [2.05, 4.69) is 15.0 Å². The first kappa shape index (κ1) is 23.5. The number of rotatable bonds is 6. The van der Waals surface area contributed by atoms with E-state index in [1.54, 1.807) is 41.6 Å². The summed E-state index contributed by atoms with van der Waals surface area (Å²) in [6.07, 6.45) is 6.47. The smallest absolute Gasteiger partial charge is 0.283 e. The Morgan fingerprint density at radius 3 is 2.69 bits per heavy atom. The van der Waals surface area contributed by atoms with Crippen molar-refractivity contribution in [2.75, 3.05) is 0 Å². The van der Waals surface area contributed by atoms with Crippen molar-refractivity contribution in [2.45, 2.75) is 28.9 Å². The number of aromatic nitrogens is 2. The second-order valence-corrected chi connectivity index (χ2v) is 10.1. The van der Waals surface area contributed by atoms with Crippen LogP contribution in [0.15, 0.2) is 74.8 Å². The van der Waals surface area contributed by atoms with E-state index < -0.39 is 10.7 Å². The highest BCUT2D eigenvalue weighted by molar-refractivity contribution is 8.18. The average Bonchev–Trinajstić information content (AvgIpc) is 3.63. The number of amidine groups is 1. The van der Waals surface area contributed by atoms with Gasteiger partial charge in [-0.05, 0) is 78.3 Å².